The molecule has 0 N–H and O–H groups in total. The number of benzene rings is 2. The molecule has 98 valence electrons. The molecule has 0 saturated carbocycles. The Morgan fingerprint density at radius 2 is 1.90 bits per heavy atom. The third-order valence-corrected chi connectivity index (χ3v) is 3.78. The van der Waals surface area contributed by atoms with E-state index in [4.69, 9.17) is 4.74 Å². The summed E-state index contributed by atoms with van der Waals surface area (Å²) in [6, 6.07) is 15.2. The molecule has 4 heteroatoms. The van der Waals surface area contributed by atoms with Crippen LogP contribution in [-0.2, 0) is 0 Å². The Labute approximate surface area is 124 Å². The minimum absolute atomic E-state index is 0.304. The minimum Gasteiger partial charge on any atom is -0.437 e. The summed E-state index contributed by atoms with van der Waals surface area (Å²) in [6.07, 6.45) is 2.33. The molecule has 3 aromatic rings. The lowest BCUT2D eigenvalue weighted by atomic mass is 10.1. The normalized spacial score (nSPS) is 10.4. The van der Waals surface area contributed by atoms with E-state index in [1.807, 2.05) is 36.4 Å². The molecule has 3 nitrogen and oxygen atoms in total. The van der Waals surface area contributed by atoms with Crippen molar-refractivity contribution in [2.24, 2.45) is 0 Å². The van der Waals surface area contributed by atoms with Crippen LogP contribution in [0.25, 0.3) is 10.8 Å². The second-order valence-electron chi connectivity index (χ2n) is 4.22. The van der Waals surface area contributed by atoms with E-state index in [0.717, 1.165) is 21.5 Å². The van der Waals surface area contributed by atoms with Gasteiger partial charge in [0.1, 0.15) is 5.75 Å². The average molecular weight is 328 g/mol. The molecule has 0 unspecified atom stereocenters. The molecular formula is C16H10BrNO2. The highest BCUT2D eigenvalue weighted by atomic mass is 79.9. The predicted molar refractivity (Wildman–Crippen MR) is 81.3 cm³/mol. The van der Waals surface area contributed by atoms with Gasteiger partial charge in [-0.2, -0.15) is 0 Å². The topological polar surface area (TPSA) is 39.2 Å². The summed E-state index contributed by atoms with van der Waals surface area (Å²) in [5.41, 5.74) is 0.424. The highest BCUT2D eigenvalue weighted by Crippen LogP contribution is 2.35. The summed E-state index contributed by atoms with van der Waals surface area (Å²) in [4.78, 5) is 15.1. The van der Waals surface area contributed by atoms with Crippen molar-refractivity contribution in [3.05, 3.63) is 64.8 Å². The Kier molecular flexibility index (Phi) is 3.48. The van der Waals surface area contributed by atoms with Gasteiger partial charge >= 0.3 is 0 Å². The number of hydrogen-bond donors (Lipinski definition) is 0. The van der Waals surface area contributed by atoms with Gasteiger partial charge in [0.05, 0.1) is 10.0 Å². The number of carbonyl (C=O) groups is 1. The maximum atomic E-state index is 11.0. The summed E-state index contributed by atoms with van der Waals surface area (Å²) in [5, 5.41) is 2.16. The Balaban J connectivity index is 2.07. The smallest absolute Gasteiger partial charge is 0.229 e. The summed E-state index contributed by atoms with van der Waals surface area (Å²) in [5.74, 6) is 0.934. The van der Waals surface area contributed by atoms with E-state index in [1.54, 1.807) is 18.3 Å². The molecule has 0 fully saturated rings. The lowest BCUT2D eigenvalue weighted by molar-refractivity contribution is 0.112. The third-order valence-electron chi connectivity index (χ3n) is 2.96. The van der Waals surface area contributed by atoms with Gasteiger partial charge in [-0.15, -0.1) is 0 Å². The summed E-state index contributed by atoms with van der Waals surface area (Å²) in [7, 11) is 0. The number of fused-ring (bicyclic) bond motifs is 1. The van der Waals surface area contributed by atoms with Crippen LogP contribution in [0.1, 0.15) is 10.4 Å². The molecule has 0 aliphatic carbocycles. The first-order valence-corrected chi connectivity index (χ1v) is 6.84. The summed E-state index contributed by atoms with van der Waals surface area (Å²) in [6.45, 7) is 0. The van der Waals surface area contributed by atoms with Crippen molar-refractivity contribution in [1.29, 1.82) is 0 Å². The van der Waals surface area contributed by atoms with Gasteiger partial charge in [-0.05, 0) is 44.9 Å². The molecular weight excluding hydrogens is 318 g/mol. The van der Waals surface area contributed by atoms with E-state index in [1.165, 1.54) is 0 Å². The van der Waals surface area contributed by atoms with Crippen LogP contribution in [-0.4, -0.2) is 11.3 Å². The first-order valence-electron chi connectivity index (χ1n) is 6.05. The van der Waals surface area contributed by atoms with Gasteiger partial charge in [0.2, 0.25) is 5.88 Å². The van der Waals surface area contributed by atoms with Crippen LogP contribution in [0.15, 0.2) is 59.2 Å². The number of aldehydes is 1. The van der Waals surface area contributed by atoms with Crippen LogP contribution < -0.4 is 4.74 Å². The van der Waals surface area contributed by atoms with Crippen molar-refractivity contribution in [3.63, 3.8) is 0 Å². The van der Waals surface area contributed by atoms with Crippen LogP contribution in [0.3, 0.4) is 0 Å². The van der Waals surface area contributed by atoms with Gasteiger partial charge in [0.25, 0.3) is 0 Å². The van der Waals surface area contributed by atoms with Gasteiger partial charge in [-0.1, -0.05) is 30.3 Å². The number of rotatable bonds is 3. The molecule has 0 aliphatic rings. The van der Waals surface area contributed by atoms with Crippen LogP contribution in [0.4, 0.5) is 0 Å². The average Bonchev–Trinajstić information content (AvgIpc) is 2.51. The number of hydrogen-bond acceptors (Lipinski definition) is 3. The fourth-order valence-electron chi connectivity index (χ4n) is 1.97. The third kappa shape index (κ3) is 2.30. The molecule has 0 saturated heterocycles. The van der Waals surface area contributed by atoms with Crippen LogP contribution >= 0.6 is 15.9 Å². The van der Waals surface area contributed by atoms with Crippen LogP contribution in [0.2, 0.25) is 0 Å². The van der Waals surface area contributed by atoms with E-state index < -0.39 is 0 Å². The maximum absolute atomic E-state index is 11.0. The number of carbonyl (C=O) groups excluding carboxylic acids is 1. The Morgan fingerprint density at radius 1 is 1.05 bits per heavy atom. The summed E-state index contributed by atoms with van der Waals surface area (Å²) < 4.78 is 6.60. The molecule has 0 amide bonds. The van der Waals surface area contributed by atoms with Crippen molar-refractivity contribution in [2.45, 2.75) is 0 Å². The second kappa shape index (κ2) is 5.43. The molecule has 0 spiro atoms. The first kappa shape index (κ1) is 12.8. The molecule has 0 radical (unpaired) electrons. The fraction of sp³-hybridized carbons (Fsp3) is 0. The number of aromatic nitrogens is 1. The van der Waals surface area contributed by atoms with Gasteiger partial charge in [0.15, 0.2) is 6.29 Å². The fourth-order valence-corrected chi connectivity index (χ4v) is 2.55. The molecule has 1 aromatic heterocycles. The molecule has 3 rings (SSSR count). The molecule has 20 heavy (non-hydrogen) atoms. The lowest BCUT2D eigenvalue weighted by Crippen LogP contribution is -1.94. The number of ether oxygens (including phenoxy) is 1. The Hall–Kier alpha value is -2.20. The van der Waals surface area contributed by atoms with E-state index in [9.17, 15) is 4.79 Å². The Morgan fingerprint density at radius 3 is 2.75 bits per heavy atom. The lowest BCUT2D eigenvalue weighted by Gasteiger charge is -2.10. The van der Waals surface area contributed by atoms with Crippen LogP contribution in [0.5, 0.6) is 11.6 Å². The van der Waals surface area contributed by atoms with Gasteiger partial charge in [-0.25, -0.2) is 4.98 Å². The largest absolute Gasteiger partial charge is 0.437 e. The van der Waals surface area contributed by atoms with E-state index in [0.29, 0.717) is 17.2 Å². The number of nitrogens with zero attached hydrogens (tertiary/aromatic N) is 1. The van der Waals surface area contributed by atoms with Crippen LogP contribution in [0, 0.1) is 0 Å². The van der Waals surface area contributed by atoms with Gasteiger partial charge in [0, 0.05) is 6.20 Å². The Bertz CT molecular complexity index is 786. The molecule has 2 aromatic carbocycles. The monoisotopic (exact) mass is 327 g/mol. The zero-order chi connectivity index (χ0) is 13.9. The van der Waals surface area contributed by atoms with E-state index in [2.05, 4.69) is 20.9 Å². The van der Waals surface area contributed by atoms with Gasteiger partial charge < -0.3 is 4.74 Å². The zero-order valence-corrected chi connectivity index (χ0v) is 12.0. The van der Waals surface area contributed by atoms with E-state index >= 15 is 0 Å². The molecule has 0 bridgehead atoms. The molecule has 0 aliphatic heterocycles. The van der Waals surface area contributed by atoms with Crippen molar-refractivity contribution in [3.8, 4) is 11.6 Å². The highest BCUT2D eigenvalue weighted by Gasteiger charge is 2.10. The van der Waals surface area contributed by atoms with Gasteiger partial charge in [-0.3, -0.25) is 4.79 Å². The summed E-state index contributed by atoms with van der Waals surface area (Å²) >= 11 is 3.54. The first-order chi connectivity index (χ1) is 9.79. The second-order valence-corrected chi connectivity index (χ2v) is 5.01. The molecule has 1 heterocycles. The predicted octanol–water partition coefficient (Wildman–Crippen LogP) is 4.60. The molecule has 0 atom stereocenters. The maximum Gasteiger partial charge on any atom is 0.229 e. The number of pyridine rings is 1. The minimum atomic E-state index is 0.304. The zero-order valence-electron chi connectivity index (χ0n) is 10.4. The van der Waals surface area contributed by atoms with Crippen molar-refractivity contribution in [2.75, 3.05) is 0 Å². The SMILES string of the molecule is O=Cc1cccnc1Oc1ccc2ccccc2c1Br. The van der Waals surface area contributed by atoms with E-state index in [-0.39, 0.29) is 0 Å². The quantitative estimate of drug-likeness (QED) is 0.660. The van der Waals surface area contributed by atoms with Crippen molar-refractivity contribution < 1.29 is 9.53 Å². The standard InChI is InChI=1S/C16H10BrNO2/c17-15-13-6-2-1-4-11(13)7-8-14(15)20-16-12(10-19)5-3-9-18-16/h1-10H. The highest BCUT2D eigenvalue weighted by molar-refractivity contribution is 9.10. The van der Waals surface area contributed by atoms with Crippen molar-refractivity contribution >= 4 is 33.0 Å². The number of halogens is 1. The van der Waals surface area contributed by atoms with Crippen molar-refractivity contribution in [1.82, 2.24) is 4.98 Å².